The fraction of sp³-hybridized carbons (Fsp3) is 0.556. The highest BCUT2D eigenvalue weighted by atomic mass is 14.6. The van der Waals surface area contributed by atoms with Crippen LogP contribution in [0.25, 0.3) is 0 Å². The van der Waals surface area contributed by atoms with Gasteiger partial charge in [-0.1, -0.05) is 71.1 Å². The lowest BCUT2D eigenvalue weighted by Gasteiger charge is -2.38. The van der Waals surface area contributed by atoms with Gasteiger partial charge in [0.2, 0.25) is 0 Å². The van der Waals surface area contributed by atoms with Gasteiger partial charge in [0.25, 0.3) is 0 Å². The molecule has 0 saturated heterocycles. The van der Waals surface area contributed by atoms with Gasteiger partial charge in [-0.3, -0.25) is 0 Å². The minimum Gasteiger partial charge on any atom is -0.399 e. The summed E-state index contributed by atoms with van der Waals surface area (Å²) in [5.41, 5.74) is 21.2. The van der Waals surface area contributed by atoms with Crippen LogP contribution in [0.15, 0.2) is 30.3 Å². The summed E-state index contributed by atoms with van der Waals surface area (Å²) in [6.45, 7) is 11.1. The zero-order valence-electron chi connectivity index (χ0n) is 19.4. The van der Waals surface area contributed by atoms with E-state index in [4.69, 9.17) is 11.5 Å². The number of hydrogen-bond acceptors (Lipinski definition) is 2. The Balaban J connectivity index is 2.76. The summed E-state index contributed by atoms with van der Waals surface area (Å²) >= 11 is 0. The number of hydrogen-bond donors (Lipinski definition) is 2. The summed E-state index contributed by atoms with van der Waals surface area (Å²) in [5, 5.41) is 0. The molecule has 0 amide bonds. The summed E-state index contributed by atoms with van der Waals surface area (Å²) in [7, 11) is 0. The van der Waals surface area contributed by atoms with Crippen molar-refractivity contribution in [2.75, 3.05) is 11.5 Å². The van der Waals surface area contributed by atoms with E-state index in [-0.39, 0.29) is 5.41 Å². The standard InChI is InChI=1S/C27H42N2/c1-6-9-12-22-19-26(29)21(5)18-24(22)27(15-10-7-2,16-11-8-3)23-13-14-25(28)20(4)17-23/h13-14,17-19H,6-12,15-16,28-29H2,1-5H3. The van der Waals surface area contributed by atoms with Gasteiger partial charge in [0, 0.05) is 16.8 Å². The molecule has 2 rings (SSSR count). The van der Waals surface area contributed by atoms with Gasteiger partial charge in [0.15, 0.2) is 0 Å². The Labute approximate surface area is 179 Å². The maximum Gasteiger partial charge on any atom is 0.0346 e. The van der Waals surface area contributed by atoms with Crippen LogP contribution < -0.4 is 11.5 Å². The topological polar surface area (TPSA) is 52.0 Å². The zero-order valence-corrected chi connectivity index (χ0v) is 19.4. The molecular formula is C27H42N2. The SMILES string of the molecule is CCCCc1cc(N)c(C)cc1C(CCCC)(CCCC)c1ccc(N)c(C)c1. The minimum atomic E-state index is 0.0337. The van der Waals surface area contributed by atoms with Crippen molar-refractivity contribution >= 4 is 11.4 Å². The highest BCUT2D eigenvalue weighted by molar-refractivity contribution is 5.57. The van der Waals surface area contributed by atoms with E-state index in [1.807, 2.05) is 0 Å². The summed E-state index contributed by atoms with van der Waals surface area (Å²) in [6, 6.07) is 11.4. The number of anilines is 2. The normalized spacial score (nSPS) is 11.8. The Morgan fingerprint density at radius 3 is 1.86 bits per heavy atom. The van der Waals surface area contributed by atoms with E-state index < -0.39 is 0 Å². The number of aryl methyl sites for hydroxylation is 3. The van der Waals surface area contributed by atoms with Crippen molar-refractivity contribution in [3.8, 4) is 0 Å². The van der Waals surface area contributed by atoms with Crippen LogP contribution in [0.1, 0.15) is 100.0 Å². The van der Waals surface area contributed by atoms with Crippen LogP contribution in [0, 0.1) is 13.8 Å². The second-order valence-corrected chi connectivity index (χ2v) is 8.83. The van der Waals surface area contributed by atoms with Gasteiger partial charge >= 0.3 is 0 Å². The Kier molecular flexibility index (Phi) is 8.61. The van der Waals surface area contributed by atoms with Crippen LogP contribution in [0.2, 0.25) is 0 Å². The minimum absolute atomic E-state index is 0.0337. The molecule has 2 nitrogen and oxygen atoms in total. The molecule has 29 heavy (non-hydrogen) atoms. The van der Waals surface area contributed by atoms with E-state index >= 15 is 0 Å². The first-order valence-electron chi connectivity index (χ1n) is 11.7. The van der Waals surface area contributed by atoms with Crippen molar-refractivity contribution < 1.29 is 0 Å². The molecule has 0 aromatic heterocycles. The molecule has 4 N–H and O–H groups in total. The van der Waals surface area contributed by atoms with E-state index in [2.05, 4.69) is 65.0 Å². The monoisotopic (exact) mass is 394 g/mol. The van der Waals surface area contributed by atoms with E-state index in [1.54, 1.807) is 0 Å². The molecule has 2 aromatic rings. The molecule has 2 aromatic carbocycles. The average Bonchev–Trinajstić information content (AvgIpc) is 2.71. The van der Waals surface area contributed by atoms with Crippen LogP contribution in [0.5, 0.6) is 0 Å². The Bertz CT molecular complexity index is 783. The first-order valence-corrected chi connectivity index (χ1v) is 11.7. The molecule has 0 spiro atoms. The van der Waals surface area contributed by atoms with E-state index in [1.165, 1.54) is 79.2 Å². The maximum absolute atomic E-state index is 6.37. The van der Waals surface area contributed by atoms with Crippen LogP contribution in [0.4, 0.5) is 11.4 Å². The van der Waals surface area contributed by atoms with Gasteiger partial charge in [-0.25, -0.2) is 0 Å². The molecule has 2 heteroatoms. The Morgan fingerprint density at radius 1 is 0.724 bits per heavy atom. The van der Waals surface area contributed by atoms with Crippen molar-refractivity contribution in [3.63, 3.8) is 0 Å². The third-order valence-electron chi connectivity index (χ3n) is 6.54. The zero-order chi connectivity index (χ0) is 21.4. The largest absolute Gasteiger partial charge is 0.399 e. The van der Waals surface area contributed by atoms with Crippen LogP contribution in [-0.2, 0) is 11.8 Å². The highest BCUT2D eigenvalue weighted by Gasteiger charge is 2.35. The average molecular weight is 395 g/mol. The lowest BCUT2D eigenvalue weighted by atomic mass is 9.65. The smallest absolute Gasteiger partial charge is 0.0346 e. The van der Waals surface area contributed by atoms with E-state index in [9.17, 15) is 0 Å². The fourth-order valence-electron chi connectivity index (χ4n) is 4.56. The molecule has 0 aliphatic rings. The van der Waals surface area contributed by atoms with Gasteiger partial charge in [0.1, 0.15) is 0 Å². The molecule has 160 valence electrons. The second kappa shape index (κ2) is 10.7. The van der Waals surface area contributed by atoms with Crippen molar-refractivity contribution in [2.45, 2.75) is 97.8 Å². The van der Waals surface area contributed by atoms with Crippen molar-refractivity contribution in [3.05, 3.63) is 58.1 Å². The fourth-order valence-corrected chi connectivity index (χ4v) is 4.56. The summed E-state index contributed by atoms with van der Waals surface area (Å²) < 4.78 is 0. The number of rotatable bonds is 11. The molecule has 0 aliphatic heterocycles. The third-order valence-corrected chi connectivity index (χ3v) is 6.54. The van der Waals surface area contributed by atoms with Crippen LogP contribution >= 0.6 is 0 Å². The quantitative estimate of drug-likeness (QED) is 0.388. The van der Waals surface area contributed by atoms with Gasteiger partial charge in [-0.2, -0.15) is 0 Å². The van der Waals surface area contributed by atoms with Gasteiger partial charge < -0.3 is 11.5 Å². The number of nitrogen functional groups attached to an aromatic ring is 2. The Morgan fingerprint density at radius 2 is 1.31 bits per heavy atom. The molecule has 0 fully saturated rings. The summed E-state index contributed by atoms with van der Waals surface area (Å²) in [5.74, 6) is 0. The molecular weight excluding hydrogens is 352 g/mol. The molecule has 0 atom stereocenters. The summed E-state index contributed by atoms with van der Waals surface area (Å²) in [6.07, 6.45) is 10.7. The second-order valence-electron chi connectivity index (χ2n) is 8.83. The molecule has 0 saturated carbocycles. The summed E-state index contributed by atoms with van der Waals surface area (Å²) in [4.78, 5) is 0. The van der Waals surface area contributed by atoms with Gasteiger partial charge in [0.05, 0.1) is 0 Å². The van der Waals surface area contributed by atoms with Gasteiger partial charge in [-0.15, -0.1) is 0 Å². The lowest BCUT2D eigenvalue weighted by Crippen LogP contribution is -2.30. The number of benzene rings is 2. The lowest BCUT2D eigenvalue weighted by molar-refractivity contribution is 0.402. The maximum atomic E-state index is 6.37. The first-order chi connectivity index (χ1) is 13.9. The van der Waals surface area contributed by atoms with Crippen LogP contribution in [0.3, 0.4) is 0 Å². The first kappa shape index (κ1) is 23.3. The number of nitrogens with two attached hydrogens (primary N) is 2. The highest BCUT2D eigenvalue weighted by Crippen LogP contribution is 2.45. The third kappa shape index (κ3) is 5.35. The van der Waals surface area contributed by atoms with Crippen molar-refractivity contribution in [1.82, 2.24) is 0 Å². The molecule has 0 radical (unpaired) electrons. The Hall–Kier alpha value is -1.96. The van der Waals surface area contributed by atoms with E-state index in [0.29, 0.717) is 0 Å². The molecule has 0 aliphatic carbocycles. The van der Waals surface area contributed by atoms with Crippen molar-refractivity contribution in [1.29, 1.82) is 0 Å². The van der Waals surface area contributed by atoms with E-state index in [0.717, 1.165) is 17.8 Å². The van der Waals surface area contributed by atoms with Gasteiger partial charge in [-0.05, 0) is 79.5 Å². The predicted octanol–water partition coefficient (Wildman–Crippen LogP) is 7.48. The van der Waals surface area contributed by atoms with Crippen LogP contribution in [-0.4, -0.2) is 0 Å². The number of unbranched alkanes of at least 4 members (excludes halogenated alkanes) is 3. The molecule has 0 unspecified atom stereocenters. The molecule has 0 heterocycles. The predicted molar refractivity (Wildman–Crippen MR) is 130 cm³/mol. The van der Waals surface area contributed by atoms with Crippen molar-refractivity contribution in [2.24, 2.45) is 0 Å². The molecule has 0 bridgehead atoms.